The summed E-state index contributed by atoms with van der Waals surface area (Å²) in [7, 11) is 2.87. The highest BCUT2D eigenvalue weighted by Gasteiger charge is 2.32. The van der Waals surface area contributed by atoms with Crippen molar-refractivity contribution in [2.24, 2.45) is 0 Å². The van der Waals surface area contributed by atoms with Crippen LogP contribution in [0.25, 0.3) is 11.0 Å². The Bertz CT molecular complexity index is 758. The van der Waals surface area contributed by atoms with Crippen LogP contribution in [0.3, 0.4) is 0 Å². The standard InChI is InChI=1S/C15H14N2O4/c1-19-13-12(21-15(18)14(13)20-2)7-8-17-9-16-10-5-3-4-6-11(10)17/h3-7,9H,8H2,1-2H3/b12-7-. The van der Waals surface area contributed by atoms with E-state index in [4.69, 9.17) is 14.2 Å². The third-order valence-corrected chi connectivity index (χ3v) is 3.23. The first-order valence-electron chi connectivity index (χ1n) is 6.39. The first-order valence-corrected chi connectivity index (χ1v) is 6.39. The molecule has 2 aromatic rings. The maximum Gasteiger partial charge on any atom is 0.383 e. The Hall–Kier alpha value is -2.76. The van der Waals surface area contributed by atoms with Crippen molar-refractivity contribution >= 4 is 17.0 Å². The Kier molecular flexibility index (Phi) is 3.35. The van der Waals surface area contributed by atoms with Gasteiger partial charge in [0.1, 0.15) is 0 Å². The number of fused-ring (bicyclic) bond motifs is 1. The van der Waals surface area contributed by atoms with Crippen molar-refractivity contribution in [1.82, 2.24) is 9.55 Å². The summed E-state index contributed by atoms with van der Waals surface area (Å²) in [6.07, 6.45) is 3.50. The van der Waals surface area contributed by atoms with Crippen LogP contribution >= 0.6 is 0 Å². The number of para-hydroxylation sites is 2. The number of hydrogen-bond donors (Lipinski definition) is 0. The smallest absolute Gasteiger partial charge is 0.383 e. The summed E-state index contributed by atoms with van der Waals surface area (Å²) < 4.78 is 17.3. The van der Waals surface area contributed by atoms with Crippen LogP contribution in [0.15, 0.2) is 53.9 Å². The summed E-state index contributed by atoms with van der Waals surface area (Å²) in [6.45, 7) is 0.507. The van der Waals surface area contributed by atoms with Gasteiger partial charge in [0.15, 0.2) is 5.76 Å². The lowest BCUT2D eigenvalue weighted by Gasteiger charge is -2.04. The van der Waals surface area contributed by atoms with E-state index in [-0.39, 0.29) is 5.76 Å². The van der Waals surface area contributed by atoms with E-state index in [2.05, 4.69) is 4.98 Å². The Morgan fingerprint density at radius 2 is 2.00 bits per heavy atom. The van der Waals surface area contributed by atoms with Gasteiger partial charge in [0.2, 0.25) is 5.76 Å². The average Bonchev–Trinajstić information content (AvgIpc) is 3.05. The normalized spacial score (nSPS) is 16.7. The molecule has 0 fully saturated rings. The Balaban J connectivity index is 1.90. The first kappa shape index (κ1) is 13.2. The number of aromatic nitrogens is 2. The van der Waals surface area contributed by atoms with Crippen molar-refractivity contribution < 1.29 is 19.0 Å². The van der Waals surface area contributed by atoms with Crippen molar-refractivity contribution in [3.63, 3.8) is 0 Å². The zero-order valence-electron chi connectivity index (χ0n) is 11.7. The van der Waals surface area contributed by atoms with Crippen molar-refractivity contribution in [3.05, 3.63) is 53.9 Å². The Morgan fingerprint density at radius 1 is 1.24 bits per heavy atom. The van der Waals surface area contributed by atoms with E-state index in [9.17, 15) is 4.79 Å². The molecular formula is C15H14N2O4. The van der Waals surface area contributed by atoms with Gasteiger partial charge in [-0.15, -0.1) is 0 Å². The summed E-state index contributed by atoms with van der Waals surface area (Å²) in [5.41, 5.74) is 1.92. The van der Waals surface area contributed by atoms with Crippen LogP contribution in [0.2, 0.25) is 0 Å². The summed E-state index contributed by atoms with van der Waals surface area (Å²) in [6, 6.07) is 7.81. The molecule has 21 heavy (non-hydrogen) atoms. The number of nitrogens with zero attached hydrogens (tertiary/aromatic N) is 2. The highest BCUT2D eigenvalue weighted by Crippen LogP contribution is 2.27. The molecule has 0 unspecified atom stereocenters. The predicted octanol–water partition coefficient (Wildman–Crippen LogP) is 1.98. The van der Waals surface area contributed by atoms with Gasteiger partial charge >= 0.3 is 5.97 Å². The van der Waals surface area contributed by atoms with Gasteiger partial charge in [-0.05, 0) is 18.2 Å². The van der Waals surface area contributed by atoms with Gasteiger partial charge in [0.05, 0.1) is 31.6 Å². The Morgan fingerprint density at radius 3 is 2.76 bits per heavy atom. The van der Waals surface area contributed by atoms with Gasteiger partial charge in [-0.3, -0.25) is 0 Å². The molecule has 0 N–H and O–H groups in total. The zero-order chi connectivity index (χ0) is 14.8. The van der Waals surface area contributed by atoms with Crippen LogP contribution in [0.1, 0.15) is 0 Å². The van der Waals surface area contributed by atoms with Gasteiger partial charge in [-0.2, -0.15) is 0 Å². The summed E-state index contributed by atoms with van der Waals surface area (Å²) in [4.78, 5) is 15.9. The van der Waals surface area contributed by atoms with E-state index in [0.29, 0.717) is 18.1 Å². The summed E-state index contributed by atoms with van der Waals surface area (Å²) >= 11 is 0. The second-order valence-corrected chi connectivity index (χ2v) is 4.41. The van der Waals surface area contributed by atoms with Crippen LogP contribution in [0.4, 0.5) is 0 Å². The second kappa shape index (κ2) is 5.32. The maximum atomic E-state index is 11.6. The molecule has 1 aliphatic rings. The monoisotopic (exact) mass is 286 g/mol. The molecule has 0 radical (unpaired) electrons. The van der Waals surface area contributed by atoms with Crippen LogP contribution in [-0.2, 0) is 25.5 Å². The molecule has 108 valence electrons. The number of methoxy groups -OCH3 is 2. The van der Waals surface area contributed by atoms with Crippen molar-refractivity contribution in [1.29, 1.82) is 0 Å². The van der Waals surface area contributed by atoms with Gasteiger partial charge in [-0.1, -0.05) is 12.1 Å². The fourth-order valence-corrected chi connectivity index (χ4v) is 2.24. The van der Waals surface area contributed by atoms with E-state index < -0.39 is 5.97 Å². The Labute approximate surface area is 121 Å². The molecule has 0 atom stereocenters. The number of cyclic esters (lactones) is 1. The van der Waals surface area contributed by atoms with Gasteiger partial charge in [-0.25, -0.2) is 9.78 Å². The van der Waals surface area contributed by atoms with Crippen molar-refractivity contribution in [2.75, 3.05) is 14.2 Å². The molecule has 1 aromatic heterocycles. The minimum atomic E-state index is -0.545. The number of allylic oxidation sites excluding steroid dienone is 1. The molecule has 1 aliphatic heterocycles. The number of imidazole rings is 1. The lowest BCUT2D eigenvalue weighted by atomic mass is 10.3. The lowest BCUT2D eigenvalue weighted by Crippen LogP contribution is -2.00. The highest BCUT2D eigenvalue weighted by molar-refractivity contribution is 5.91. The molecule has 0 saturated heterocycles. The first-order chi connectivity index (χ1) is 10.2. The van der Waals surface area contributed by atoms with Crippen LogP contribution in [0, 0.1) is 0 Å². The van der Waals surface area contributed by atoms with E-state index in [1.807, 2.05) is 28.8 Å². The quantitative estimate of drug-likeness (QED) is 0.804. The number of carbonyl (C=O) groups is 1. The largest absolute Gasteiger partial charge is 0.490 e. The topological polar surface area (TPSA) is 62.6 Å². The molecule has 0 saturated carbocycles. The molecule has 6 heteroatoms. The van der Waals surface area contributed by atoms with E-state index in [1.165, 1.54) is 14.2 Å². The predicted molar refractivity (Wildman–Crippen MR) is 75.0 cm³/mol. The number of carbonyl (C=O) groups excluding carboxylic acids is 1. The number of esters is 1. The number of hydrogen-bond acceptors (Lipinski definition) is 5. The van der Waals surface area contributed by atoms with Crippen molar-refractivity contribution in [2.45, 2.75) is 6.54 Å². The molecule has 0 aliphatic carbocycles. The van der Waals surface area contributed by atoms with Crippen LogP contribution in [0.5, 0.6) is 0 Å². The second-order valence-electron chi connectivity index (χ2n) is 4.41. The molecule has 0 bridgehead atoms. The molecule has 1 aromatic carbocycles. The fourth-order valence-electron chi connectivity index (χ4n) is 2.24. The van der Waals surface area contributed by atoms with Crippen LogP contribution in [-0.4, -0.2) is 29.7 Å². The molecule has 0 spiro atoms. The van der Waals surface area contributed by atoms with Crippen molar-refractivity contribution in [3.8, 4) is 0 Å². The minimum Gasteiger partial charge on any atom is -0.490 e. The van der Waals surface area contributed by atoms with Gasteiger partial charge < -0.3 is 18.8 Å². The molecule has 2 heterocycles. The third-order valence-electron chi connectivity index (χ3n) is 3.23. The van der Waals surface area contributed by atoms with E-state index in [0.717, 1.165) is 11.0 Å². The number of rotatable bonds is 4. The highest BCUT2D eigenvalue weighted by atomic mass is 16.6. The third kappa shape index (κ3) is 2.24. The van der Waals surface area contributed by atoms with Gasteiger partial charge in [0.25, 0.3) is 5.76 Å². The SMILES string of the molecule is COC1=C(OC)/C(=C/Cn2cnc3ccccc32)OC1=O. The minimum absolute atomic E-state index is 0.0826. The average molecular weight is 286 g/mol. The molecule has 3 rings (SSSR count). The van der Waals surface area contributed by atoms with E-state index in [1.54, 1.807) is 12.4 Å². The fraction of sp³-hybridized carbons (Fsp3) is 0.200. The number of benzene rings is 1. The molecule has 0 amide bonds. The molecule has 6 nitrogen and oxygen atoms in total. The molecular weight excluding hydrogens is 272 g/mol. The number of ether oxygens (including phenoxy) is 3. The maximum absolute atomic E-state index is 11.6. The van der Waals surface area contributed by atoms with Crippen LogP contribution < -0.4 is 0 Å². The summed E-state index contributed by atoms with van der Waals surface area (Å²) in [5, 5.41) is 0. The van der Waals surface area contributed by atoms with Gasteiger partial charge in [0, 0.05) is 6.54 Å². The summed E-state index contributed by atoms with van der Waals surface area (Å²) in [5.74, 6) is 0.208. The van der Waals surface area contributed by atoms with E-state index >= 15 is 0 Å². The zero-order valence-corrected chi connectivity index (χ0v) is 11.7. The lowest BCUT2D eigenvalue weighted by molar-refractivity contribution is -0.136.